The van der Waals surface area contributed by atoms with Crippen molar-refractivity contribution in [1.82, 2.24) is 19.7 Å². The molecule has 0 spiro atoms. The second-order valence-corrected chi connectivity index (χ2v) is 8.58. The minimum Gasteiger partial charge on any atom is -0.341 e. The van der Waals surface area contributed by atoms with E-state index in [1.807, 2.05) is 4.57 Å². The van der Waals surface area contributed by atoms with Gasteiger partial charge in [0.25, 0.3) is 0 Å². The molecule has 1 fully saturated rings. The number of piperidine rings is 1. The summed E-state index contributed by atoms with van der Waals surface area (Å²) in [4.78, 5) is 18.8. The number of thioether (sulfide) groups is 1. The Hall–Kier alpha value is -2.58. The van der Waals surface area contributed by atoms with E-state index in [4.69, 9.17) is 11.6 Å². The largest absolute Gasteiger partial charge is 0.341 e. The molecule has 1 N–H and O–H groups in total. The average Bonchev–Trinajstić information content (AvgIpc) is 3.19. The molecule has 3 aromatic rings. The van der Waals surface area contributed by atoms with Crippen LogP contribution < -0.4 is 10.2 Å². The van der Waals surface area contributed by atoms with Gasteiger partial charge in [-0.05, 0) is 50.5 Å². The quantitative estimate of drug-likeness (QED) is 0.572. The van der Waals surface area contributed by atoms with Crippen LogP contribution in [0.15, 0.2) is 47.8 Å². The molecule has 30 heavy (non-hydrogen) atoms. The number of anilines is 2. The molecule has 0 unspecified atom stereocenters. The Balaban J connectivity index is 1.53. The second kappa shape index (κ2) is 9.49. The Kier molecular flexibility index (Phi) is 6.54. The van der Waals surface area contributed by atoms with Crippen LogP contribution in [0.1, 0.15) is 24.8 Å². The van der Waals surface area contributed by atoms with Crippen LogP contribution in [0.2, 0.25) is 5.02 Å². The Labute approximate surface area is 184 Å². The number of amides is 1. The van der Waals surface area contributed by atoms with E-state index in [0.717, 1.165) is 37.6 Å². The van der Waals surface area contributed by atoms with Gasteiger partial charge in [-0.1, -0.05) is 41.1 Å². The highest BCUT2D eigenvalue weighted by Crippen LogP contribution is 2.28. The van der Waals surface area contributed by atoms with Crippen molar-refractivity contribution in [3.8, 4) is 5.69 Å². The van der Waals surface area contributed by atoms with E-state index in [-0.39, 0.29) is 11.7 Å². The van der Waals surface area contributed by atoms with Gasteiger partial charge in [0.05, 0.1) is 16.5 Å². The third-order valence-electron chi connectivity index (χ3n) is 4.87. The molecule has 0 saturated carbocycles. The van der Waals surface area contributed by atoms with E-state index < -0.39 is 0 Å². The molecule has 2 aromatic heterocycles. The lowest BCUT2D eigenvalue weighted by Gasteiger charge is -2.27. The number of hydrogen-bond donors (Lipinski definition) is 1. The summed E-state index contributed by atoms with van der Waals surface area (Å²) in [6, 6.07) is 11.6. The van der Waals surface area contributed by atoms with Gasteiger partial charge in [0, 0.05) is 19.3 Å². The maximum absolute atomic E-state index is 12.4. The molecule has 7 nitrogen and oxygen atoms in total. The fourth-order valence-corrected chi connectivity index (χ4v) is 4.19. The fourth-order valence-electron chi connectivity index (χ4n) is 3.33. The summed E-state index contributed by atoms with van der Waals surface area (Å²) in [5.74, 6) is 1.35. The second-order valence-electron chi connectivity index (χ2n) is 7.20. The molecule has 1 saturated heterocycles. The summed E-state index contributed by atoms with van der Waals surface area (Å²) in [5.41, 5.74) is 2.18. The van der Waals surface area contributed by atoms with Gasteiger partial charge < -0.3 is 10.2 Å². The summed E-state index contributed by atoms with van der Waals surface area (Å²) < 4.78 is 2.04. The molecule has 4 rings (SSSR count). The predicted octanol–water partition coefficient (Wildman–Crippen LogP) is 4.35. The van der Waals surface area contributed by atoms with Crippen molar-refractivity contribution in [2.75, 3.05) is 29.1 Å². The number of benzene rings is 1. The first-order valence-corrected chi connectivity index (χ1v) is 11.3. The number of carbonyl (C=O) groups excluding carboxylic acids is 1. The summed E-state index contributed by atoms with van der Waals surface area (Å²) >= 11 is 7.20. The fraction of sp³-hybridized carbons (Fsp3) is 0.333. The van der Waals surface area contributed by atoms with Crippen molar-refractivity contribution in [3.63, 3.8) is 0 Å². The third-order valence-corrected chi connectivity index (χ3v) is 6.03. The number of aromatic nitrogens is 4. The normalized spacial score (nSPS) is 14.0. The number of aryl methyl sites for hydroxylation is 1. The van der Waals surface area contributed by atoms with Gasteiger partial charge in [-0.25, -0.2) is 4.98 Å². The van der Waals surface area contributed by atoms with E-state index in [1.165, 1.54) is 29.9 Å². The smallest absolute Gasteiger partial charge is 0.236 e. The highest BCUT2D eigenvalue weighted by molar-refractivity contribution is 7.99. The minimum absolute atomic E-state index is 0.159. The van der Waals surface area contributed by atoms with Crippen LogP contribution in [0.4, 0.5) is 11.8 Å². The lowest BCUT2D eigenvalue weighted by atomic mass is 10.1. The van der Waals surface area contributed by atoms with E-state index in [1.54, 1.807) is 12.1 Å². The van der Waals surface area contributed by atoms with Gasteiger partial charge in [-0.15, -0.1) is 10.2 Å². The van der Waals surface area contributed by atoms with E-state index >= 15 is 0 Å². The molecule has 3 heterocycles. The van der Waals surface area contributed by atoms with Crippen molar-refractivity contribution in [2.24, 2.45) is 0 Å². The number of pyridine rings is 1. The van der Waals surface area contributed by atoms with Crippen LogP contribution in [-0.2, 0) is 4.79 Å². The molecule has 0 aliphatic carbocycles. The van der Waals surface area contributed by atoms with Gasteiger partial charge in [0.15, 0.2) is 5.16 Å². The van der Waals surface area contributed by atoms with Gasteiger partial charge in [-0.3, -0.25) is 9.36 Å². The summed E-state index contributed by atoms with van der Waals surface area (Å²) in [6.45, 7) is 4.00. The molecule has 1 aliphatic rings. The molecule has 0 radical (unpaired) electrons. The van der Waals surface area contributed by atoms with E-state index in [9.17, 15) is 4.79 Å². The van der Waals surface area contributed by atoms with Crippen LogP contribution in [0, 0.1) is 6.92 Å². The van der Waals surface area contributed by atoms with Crippen LogP contribution in [0.25, 0.3) is 5.69 Å². The van der Waals surface area contributed by atoms with Crippen molar-refractivity contribution >= 4 is 41.0 Å². The maximum atomic E-state index is 12.4. The molecule has 1 aromatic carbocycles. The first-order valence-electron chi connectivity index (χ1n) is 9.92. The maximum Gasteiger partial charge on any atom is 0.236 e. The first kappa shape index (κ1) is 20.7. The Bertz CT molecular complexity index is 999. The van der Waals surface area contributed by atoms with Crippen molar-refractivity contribution in [3.05, 3.63) is 53.2 Å². The van der Waals surface area contributed by atoms with Gasteiger partial charge >= 0.3 is 0 Å². The lowest BCUT2D eigenvalue weighted by molar-refractivity contribution is -0.113. The standard InChI is InChI=1S/C21H23ClN6OS/c1-15-5-8-17(9-6-15)28-20(27-11-3-2-4-12-27)25-26-21(28)30-14-19(29)24-18-10-7-16(22)13-23-18/h5-10,13H,2-4,11-12,14H2,1H3,(H,23,24,29). The molecule has 0 bridgehead atoms. The molecular weight excluding hydrogens is 420 g/mol. The summed E-state index contributed by atoms with van der Waals surface area (Å²) in [6.07, 6.45) is 5.05. The van der Waals surface area contributed by atoms with Gasteiger partial charge in [-0.2, -0.15) is 0 Å². The van der Waals surface area contributed by atoms with Gasteiger partial charge in [0.2, 0.25) is 11.9 Å². The summed E-state index contributed by atoms with van der Waals surface area (Å²) in [5, 5.41) is 12.9. The molecule has 1 aliphatic heterocycles. The number of carbonyl (C=O) groups is 1. The molecule has 9 heteroatoms. The first-order chi connectivity index (χ1) is 14.6. The van der Waals surface area contributed by atoms with E-state index in [2.05, 4.69) is 56.6 Å². The number of halogens is 1. The SMILES string of the molecule is Cc1ccc(-n2c(SCC(=O)Nc3ccc(Cl)cn3)nnc2N2CCCCC2)cc1. The van der Waals surface area contributed by atoms with Crippen LogP contribution in [0.5, 0.6) is 0 Å². The Morgan fingerprint density at radius 3 is 2.57 bits per heavy atom. The predicted molar refractivity (Wildman–Crippen MR) is 121 cm³/mol. The highest BCUT2D eigenvalue weighted by atomic mass is 35.5. The molecular formula is C21H23ClN6OS. The molecule has 0 atom stereocenters. The summed E-state index contributed by atoms with van der Waals surface area (Å²) in [7, 11) is 0. The zero-order valence-corrected chi connectivity index (χ0v) is 18.3. The monoisotopic (exact) mass is 442 g/mol. The Morgan fingerprint density at radius 1 is 1.10 bits per heavy atom. The topological polar surface area (TPSA) is 75.9 Å². The zero-order chi connectivity index (χ0) is 20.9. The zero-order valence-electron chi connectivity index (χ0n) is 16.7. The van der Waals surface area contributed by atoms with Gasteiger partial charge in [0.1, 0.15) is 5.82 Å². The number of hydrogen-bond acceptors (Lipinski definition) is 6. The van der Waals surface area contributed by atoms with Crippen LogP contribution >= 0.6 is 23.4 Å². The minimum atomic E-state index is -0.159. The average molecular weight is 443 g/mol. The van der Waals surface area contributed by atoms with E-state index in [0.29, 0.717) is 16.0 Å². The number of nitrogens with zero attached hydrogens (tertiary/aromatic N) is 5. The van der Waals surface area contributed by atoms with Crippen molar-refractivity contribution in [2.45, 2.75) is 31.3 Å². The number of rotatable bonds is 6. The Morgan fingerprint density at radius 2 is 1.87 bits per heavy atom. The van der Waals surface area contributed by atoms with Crippen LogP contribution in [-0.4, -0.2) is 44.5 Å². The van der Waals surface area contributed by atoms with Crippen molar-refractivity contribution in [1.29, 1.82) is 0 Å². The van der Waals surface area contributed by atoms with Crippen molar-refractivity contribution < 1.29 is 4.79 Å². The molecule has 156 valence electrons. The molecule has 1 amide bonds. The number of nitrogens with one attached hydrogen (secondary N) is 1. The third kappa shape index (κ3) is 4.94. The van der Waals surface area contributed by atoms with Crippen LogP contribution in [0.3, 0.4) is 0 Å². The lowest BCUT2D eigenvalue weighted by Crippen LogP contribution is -2.31. The highest BCUT2D eigenvalue weighted by Gasteiger charge is 2.22.